The number of hydrogen-bond donors (Lipinski definition) is 1. The molecule has 0 saturated carbocycles. The van der Waals surface area contributed by atoms with E-state index in [2.05, 4.69) is 14.9 Å². The molecule has 3 heterocycles. The van der Waals surface area contributed by atoms with Crippen molar-refractivity contribution < 1.29 is 14.3 Å². The molecule has 3 aromatic rings. The molecule has 0 bridgehead atoms. The van der Waals surface area contributed by atoms with Crippen molar-refractivity contribution in [1.29, 1.82) is 0 Å². The highest BCUT2D eigenvalue weighted by molar-refractivity contribution is 6.28. The highest BCUT2D eigenvalue weighted by Crippen LogP contribution is 2.33. The summed E-state index contributed by atoms with van der Waals surface area (Å²) in [6.45, 7) is 4.65. The van der Waals surface area contributed by atoms with Crippen LogP contribution in [0.5, 0.6) is 0 Å². The number of morpholine rings is 1. The van der Waals surface area contributed by atoms with Gasteiger partial charge in [0.15, 0.2) is 0 Å². The number of unbranched alkanes of at least 4 members (excludes halogenated alkanes) is 1. The predicted octanol–water partition coefficient (Wildman–Crippen LogP) is 1.78. The van der Waals surface area contributed by atoms with Crippen LogP contribution < -0.4 is 5.56 Å². The number of carbonyl (C=O) groups excluding carboxylic acids is 2. The molecule has 154 valence electrons. The molecule has 2 aliphatic heterocycles. The Kier molecular flexibility index (Phi) is 4.80. The van der Waals surface area contributed by atoms with E-state index in [0.29, 0.717) is 39.3 Å². The van der Waals surface area contributed by atoms with Gasteiger partial charge in [0, 0.05) is 41.5 Å². The van der Waals surface area contributed by atoms with Crippen molar-refractivity contribution in [2.75, 3.05) is 39.4 Å². The van der Waals surface area contributed by atoms with Crippen molar-refractivity contribution in [1.82, 2.24) is 19.8 Å². The van der Waals surface area contributed by atoms with Gasteiger partial charge in [0.05, 0.1) is 30.4 Å². The number of rotatable bonds is 5. The number of benzene rings is 2. The Bertz CT molecular complexity index is 1210. The smallest absolute Gasteiger partial charge is 0.261 e. The summed E-state index contributed by atoms with van der Waals surface area (Å²) in [5.41, 5.74) is 1.07. The van der Waals surface area contributed by atoms with Crippen LogP contribution in [-0.2, 0) is 4.74 Å². The number of fused-ring (bicyclic) bond motifs is 2. The molecule has 8 heteroatoms. The number of ether oxygens (including phenoxy) is 1. The third-order valence-corrected chi connectivity index (χ3v) is 5.93. The molecule has 1 N–H and O–H groups in total. The lowest BCUT2D eigenvalue weighted by Crippen LogP contribution is -2.41. The molecule has 0 aliphatic carbocycles. The van der Waals surface area contributed by atoms with Crippen LogP contribution in [0.15, 0.2) is 35.4 Å². The van der Waals surface area contributed by atoms with Crippen molar-refractivity contribution in [3.8, 4) is 0 Å². The highest BCUT2D eigenvalue weighted by Gasteiger charge is 2.33. The van der Waals surface area contributed by atoms with Crippen LogP contribution in [0.4, 0.5) is 0 Å². The molecule has 0 atom stereocenters. The van der Waals surface area contributed by atoms with Crippen LogP contribution in [0.25, 0.3) is 21.7 Å². The Morgan fingerprint density at radius 3 is 2.57 bits per heavy atom. The zero-order valence-corrected chi connectivity index (χ0v) is 16.5. The third kappa shape index (κ3) is 3.09. The summed E-state index contributed by atoms with van der Waals surface area (Å²) in [5.74, 6) is -0.631. The fourth-order valence-corrected chi connectivity index (χ4v) is 4.38. The Balaban J connectivity index is 1.44. The van der Waals surface area contributed by atoms with E-state index in [0.717, 1.165) is 45.7 Å². The molecule has 1 fully saturated rings. The normalized spacial score (nSPS) is 17.3. The molecule has 5 rings (SSSR count). The van der Waals surface area contributed by atoms with E-state index in [9.17, 15) is 14.4 Å². The molecule has 2 aromatic carbocycles. The fourth-order valence-electron chi connectivity index (χ4n) is 4.38. The van der Waals surface area contributed by atoms with Crippen molar-refractivity contribution in [2.24, 2.45) is 0 Å². The number of hydrogen-bond acceptors (Lipinski definition) is 6. The van der Waals surface area contributed by atoms with Crippen molar-refractivity contribution in [2.45, 2.75) is 12.8 Å². The van der Waals surface area contributed by atoms with Gasteiger partial charge in [0.2, 0.25) is 0 Å². The van der Waals surface area contributed by atoms with E-state index in [1.807, 2.05) is 0 Å². The van der Waals surface area contributed by atoms with Crippen LogP contribution >= 0.6 is 0 Å². The molecule has 8 nitrogen and oxygen atoms in total. The first kappa shape index (κ1) is 18.9. The summed E-state index contributed by atoms with van der Waals surface area (Å²) >= 11 is 0. The lowest BCUT2D eigenvalue weighted by Gasteiger charge is -2.29. The molecule has 2 aliphatic rings. The van der Waals surface area contributed by atoms with Crippen molar-refractivity contribution in [3.05, 3.63) is 52.1 Å². The third-order valence-electron chi connectivity index (χ3n) is 5.93. The molecule has 1 saturated heterocycles. The second-order valence-corrected chi connectivity index (χ2v) is 7.70. The zero-order valence-electron chi connectivity index (χ0n) is 16.5. The summed E-state index contributed by atoms with van der Waals surface area (Å²) in [5, 5.41) is 1.59. The van der Waals surface area contributed by atoms with Gasteiger partial charge in [-0.1, -0.05) is 12.1 Å². The average Bonchev–Trinajstić information content (AvgIpc) is 2.78. The topological polar surface area (TPSA) is 95.6 Å². The molecule has 0 spiro atoms. The van der Waals surface area contributed by atoms with Crippen LogP contribution in [0.1, 0.15) is 33.6 Å². The SMILES string of the molecule is O=C1c2cccc3c2c(cc2c(=O)[nH]cnc23)C(=O)N1CCCCN1CCOCC1. The zero-order chi connectivity index (χ0) is 20.7. The average molecular weight is 406 g/mol. The van der Waals surface area contributed by atoms with Gasteiger partial charge in [-0.15, -0.1) is 0 Å². The second kappa shape index (κ2) is 7.62. The van der Waals surface area contributed by atoms with Crippen LogP contribution in [-0.4, -0.2) is 71.0 Å². The molecular weight excluding hydrogens is 384 g/mol. The monoisotopic (exact) mass is 406 g/mol. The van der Waals surface area contributed by atoms with Gasteiger partial charge >= 0.3 is 0 Å². The Labute approximate surface area is 172 Å². The maximum atomic E-state index is 13.2. The molecule has 0 unspecified atom stereocenters. The Morgan fingerprint density at radius 1 is 0.967 bits per heavy atom. The summed E-state index contributed by atoms with van der Waals surface area (Å²) in [7, 11) is 0. The van der Waals surface area contributed by atoms with Crippen molar-refractivity contribution in [3.63, 3.8) is 0 Å². The fraction of sp³-hybridized carbons (Fsp3) is 0.364. The molecule has 0 radical (unpaired) electrons. The molecule has 2 amide bonds. The highest BCUT2D eigenvalue weighted by atomic mass is 16.5. The first-order valence-electron chi connectivity index (χ1n) is 10.2. The standard InChI is InChI=1S/C22H22N4O4/c27-20-17-12-16-18-14(19(17)23-13-24-20)4-3-5-15(18)21(28)26(22(16)29)7-2-1-6-25-8-10-30-11-9-25/h3-5,12-13H,1-2,6-11H2,(H,23,24,27). The van der Waals surface area contributed by atoms with E-state index in [1.165, 1.54) is 11.2 Å². The Hall–Kier alpha value is -3.10. The van der Waals surface area contributed by atoms with E-state index < -0.39 is 0 Å². The second-order valence-electron chi connectivity index (χ2n) is 7.70. The lowest BCUT2D eigenvalue weighted by atomic mass is 9.92. The largest absolute Gasteiger partial charge is 0.379 e. The summed E-state index contributed by atoms with van der Waals surface area (Å²) in [6.07, 6.45) is 2.97. The first-order valence-corrected chi connectivity index (χ1v) is 10.2. The number of aromatic nitrogens is 2. The van der Waals surface area contributed by atoms with Crippen LogP contribution in [0.3, 0.4) is 0 Å². The molecule has 1 aromatic heterocycles. The van der Waals surface area contributed by atoms with Crippen molar-refractivity contribution >= 4 is 33.5 Å². The van der Waals surface area contributed by atoms with Gasteiger partial charge in [0.25, 0.3) is 17.4 Å². The number of imide groups is 1. The summed E-state index contributed by atoms with van der Waals surface area (Å²) < 4.78 is 5.36. The minimum Gasteiger partial charge on any atom is -0.379 e. The first-order chi connectivity index (χ1) is 14.6. The molecule has 30 heavy (non-hydrogen) atoms. The quantitative estimate of drug-likeness (QED) is 0.394. The van der Waals surface area contributed by atoms with Gasteiger partial charge in [-0.25, -0.2) is 4.98 Å². The summed E-state index contributed by atoms with van der Waals surface area (Å²) in [4.78, 5) is 49.1. The summed E-state index contributed by atoms with van der Waals surface area (Å²) in [6, 6.07) is 6.88. The van der Waals surface area contributed by atoms with Gasteiger partial charge in [0.1, 0.15) is 0 Å². The maximum absolute atomic E-state index is 13.2. The van der Waals surface area contributed by atoms with E-state index >= 15 is 0 Å². The number of H-pyrrole nitrogens is 1. The van der Waals surface area contributed by atoms with Crippen LogP contribution in [0, 0.1) is 0 Å². The predicted molar refractivity (Wildman–Crippen MR) is 112 cm³/mol. The van der Waals surface area contributed by atoms with Gasteiger partial charge < -0.3 is 9.72 Å². The minimum atomic E-state index is -0.347. The molecular formula is C22H22N4O4. The number of carbonyl (C=O) groups is 2. The van der Waals surface area contributed by atoms with E-state index in [-0.39, 0.29) is 17.4 Å². The van der Waals surface area contributed by atoms with Gasteiger partial charge in [-0.3, -0.25) is 24.2 Å². The number of aromatic amines is 1. The number of amides is 2. The maximum Gasteiger partial charge on any atom is 0.261 e. The lowest BCUT2D eigenvalue weighted by molar-refractivity contribution is 0.0367. The number of nitrogens with zero attached hydrogens (tertiary/aromatic N) is 3. The number of nitrogens with one attached hydrogen (secondary N) is 1. The Morgan fingerprint density at radius 2 is 1.73 bits per heavy atom. The van der Waals surface area contributed by atoms with Crippen LogP contribution in [0.2, 0.25) is 0 Å². The minimum absolute atomic E-state index is 0.284. The van der Waals surface area contributed by atoms with E-state index in [1.54, 1.807) is 24.3 Å². The van der Waals surface area contributed by atoms with Gasteiger partial charge in [-0.2, -0.15) is 0 Å². The van der Waals surface area contributed by atoms with Gasteiger partial charge in [-0.05, 0) is 31.5 Å². The van der Waals surface area contributed by atoms with E-state index in [4.69, 9.17) is 4.74 Å².